The molecule has 1 amide bonds. The van der Waals surface area contributed by atoms with Crippen molar-refractivity contribution in [3.63, 3.8) is 0 Å². The van der Waals surface area contributed by atoms with Gasteiger partial charge in [-0.05, 0) is 30.7 Å². The van der Waals surface area contributed by atoms with Gasteiger partial charge in [0.15, 0.2) is 17.3 Å². The Morgan fingerprint density at radius 2 is 2.16 bits per heavy atom. The van der Waals surface area contributed by atoms with E-state index in [1.807, 2.05) is 0 Å². The molecule has 0 fully saturated rings. The molecule has 5 nitrogen and oxygen atoms in total. The van der Waals surface area contributed by atoms with Gasteiger partial charge in [0.2, 0.25) is 0 Å². The Hall–Kier alpha value is -2.37. The summed E-state index contributed by atoms with van der Waals surface area (Å²) >= 11 is 0. The molecule has 0 saturated heterocycles. The minimum atomic E-state index is -0.814. The van der Waals surface area contributed by atoms with Crippen LogP contribution in [0.5, 0.6) is 11.5 Å². The third kappa shape index (κ3) is 2.29. The molecule has 0 atom stereocenters. The molecule has 1 aliphatic rings. The quantitative estimate of drug-likeness (QED) is 0.828. The number of carbonyl (C=O) groups is 1. The van der Waals surface area contributed by atoms with Gasteiger partial charge in [-0.3, -0.25) is 9.69 Å². The second-order valence-corrected chi connectivity index (χ2v) is 4.11. The molecule has 1 heterocycles. The maximum atomic E-state index is 13.5. The Kier molecular flexibility index (Phi) is 3.25. The predicted octanol–water partition coefficient (Wildman–Crippen LogP) is 1.77. The van der Waals surface area contributed by atoms with E-state index in [0.717, 1.165) is 6.07 Å². The topological polar surface area (TPSA) is 62.1 Å². The summed E-state index contributed by atoms with van der Waals surface area (Å²) in [4.78, 5) is 17.3. The SMILES string of the molecule is COc1cc(/C=C2/N=C(C)N(C)C2=O)cc(F)c1O. The van der Waals surface area contributed by atoms with Crippen molar-refractivity contribution >= 4 is 17.8 Å². The second kappa shape index (κ2) is 4.72. The summed E-state index contributed by atoms with van der Waals surface area (Å²) in [5, 5.41) is 9.40. The summed E-state index contributed by atoms with van der Waals surface area (Å²) < 4.78 is 18.3. The lowest BCUT2D eigenvalue weighted by Crippen LogP contribution is -2.25. The smallest absolute Gasteiger partial charge is 0.277 e. The van der Waals surface area contributed by atoms with Crippen molar-refractivity contribution in [2.75, 3.05) is 14.2 Å². The van der Waals surface area contributed by atoms with Crippen LogP contribution < -0.4 is 4.74 Å². The molecular formula is C13H13FN2O3. The van der Waals surface area contributed by atoms with Crippen LogP contribution in [0.3, 0.4) is 0 Å². The van der Waals surface area contributed by atoms with Crippen molar-refractivity contribution in [3.8, 4) is 11.5 Å². The maximum Gasteiger partial charge on any atom is 0.277 e. The third-order valence-electron chi connectivity index (χ3n) is 2.87. The lowest BCUT2D eigenvalue weighted by atomic mass is 10.1. The Bertz CT molecular complexity index is 608. The highest BCUT2D eigenvalue weighted by atomic mass is 19.1. The van der Waals surface area contributed by atoms with Crippen LogP contribution in [-0.2, 0) is 4.79 Å². The summed E-state index contributed by atoms with van der Waals surface area (Å²) in [6.07, 6.45) is 1.44. The number of hydrogen-bond acceptors (Lipinski definition) is 4. The number of phenolic OH excluding ortho intramolecular Hbond substituents is 1. The van der Waals surface area contributed by atoms with Crippen molar-refractivity contribution in [2.24, 2.45) is 4.99 Å². The Morgan fingerprint density at radius 3 is 2.68 bits per heavy atom. The van der Waals surface area contributed by atoms with Crippen LogP contribution in [-0.4, -0.2) is 35.9 Å². The van der Waals surface area contributed by atoms with E-state index in [4.69, 9.17) is 4.74 Å². The Labute approximate surface area is 109 Å². The number of methoxy groups -OCH3 is 1. The molecule has 1 aliphatic heterocycles. The van der Waals surface area contributed by atoms with Gasteiger partial charge in [0.1, 0.15) is 11.5 Å². The molecule has 0 unspecified atom stereocenters. The van der Waals surface area contributed by atoms with Gasteiger partial charge in [-0.2, -0.15) is 0 Å². The summed E-state index contributed by atoms with van der Waals surface area (Å²) in [7, 11) is 2.93. The number of nitrogens with zero attached hydrogens (tertiary/aromatic N) is 2. The van der Waals surface area contributed by atoms with Crippen LogP contribution in [0.15, 0.2) is 22.8 Å². The monoisotopic (exact) mass is 264 g/mol. The minimum absolute atomic E-state index is 0.00588. The van der Waals surface area contributed by atoms with E-state index < -0.39 is 11.6 Å². The Balaban J connectivity index is 2.45. The van der Waals surface area contributed by atoms with Crippen LogP contribution in [0.2, 0.25) is 0 Å². The highest BCUT2D eigenvalue weighted by Gasteiger charge is 2.23. The van der Waals surface area contributed by atoms with E-state index in [1.54, 1.807) is 14.0 Å². The molecule has 0 radical (unpaired) electrons. The lowest BCUT2D eigenvalue weighted by molar-refractivity contribution is -0.121. The number of ether oxygens (including phenoxy) is 1. The standard InChI is InChI=1S/C13H13FN2O3/c1-7-15-10(13(18)16(7)2)5-8-4-9(14)12(17)11(6-8)19-3/h4-6,17H,1-3H3/b10-5+. The molecule has 1 aromatic rings. The first kappa shape index (κ1) is 13.1. The highest BCUT2D eigenvalue weighted by molar-refractivity contribution is 6.13. The first-order chi connectivity index (χ1) is 8.93. The van der Waals surface area contributed by atoms with Crippen molar-refractivity contribution in [2.45, 2.75) is 6.92 Å². The fourth-order valence-electron chi connectivity index (χ4n) is 1.70. The van der Waals surface area contributed by atoms with Crippen LogP contribution in [0.25, 0.3) is 6.08 Å². The number of benzene rings is 1. The minimum Gasteiger partial charge on any atom is -0.502 e. The number of aromatic hydroxyl groups is 1. The molecule has 2 rings (SSSR count). The summed E-state index contributed by atoms with van der Waals surface area (Å²) in [6.45, 7) is 1.71. The third-order valence-corrected chi connectivity index (χ3v) is 2.87. The highest BCUT2D eigenvalue weighted by Crippen LogP contribution is 2.31. The first-order valence-electron chi connectivity index (χ1n) is 5.55. The average molecular weight is 264 g/mol. The van der Waals surface area contributed by atoms with Crippen molar-refractivity contribution in [1.29, 1.82) is 0 Å². The van der Waals surface area contributed by atoms with Gasteiger partial charge in [-0.15, -0.1) is 0 Å². The van der Waals surface area contributed by atoms with E-state index in [1.165, 1.54) is 24.2 Å². The molecule has 1 aromatic carbocycles. The summed E-state index contributed by atoms with van der Waals surface area (Å²) in [5.41, 5.74) is 0.606. The number of rotatable bonds is 2. The number of aliphatic imine (C=N–C) groups is 1. The van der Waals surface area contributed by atoms with Crippen LogP contribution in [0.1, 0.15) is 12.5 Å². The molecule has 1 N–H and O–H groups in total. The Morgan fingerprint density at radius 1 is 1.47 bits per heavy atom. The fourth-order valence-corrected chi connectivity index (χ4v) is 1.70. The van der Waals surface area contributed by atoms with Gasteiger partial charge in [0.25, 0.3) is 5.91 Å². The largest absolute Gasteiger partial charge is 0.502 e. The van der Waals surface area contributed by atoms with Gasteiger partial charge in [-0.25, -0.2) is 9.38 Å². The normalized spacial score (nSPS) is 17.1. The van der Waals surface area contributed by atoms with Gasteiger partial charge in [0.05, 0.1) is 7.11 Å². The van der Waals surface area contributed by atoms with Gasteiger partial charge >= 0.3 is 0 Å². The number of amides is 1. The number of halogens is 1. The zero-order chi connectivity index (χ0) is 14.2. The van der Waals surface area contributed by atoms with Crippen molar-refractivity contribution in [3.05, 3.63) is 29.2 Å². The molecule has 0 bridgehead atoms. The number of amidine groups is 1. The average Bonchev–Trinajstić information content (AvgIpc) is 2.61. The molecule has 19 heavy (non-hydrogen) atoms. The number of likely N-dealkylation sites (N-methyl/N-ethyl adjacent to an activating group) is 1. The second-order valence-electron chi connectivity index (χ2n) is 4.11. The molecular weight excluding hydrogens is 251 g/mol. The van der Waals surface area contributed by atoms with Gasteiger partial charge in [0, 0.05) is 7.05 Å². The maximum absolute atomic E-state index is 13.5. The van der Waals surface area contributed by atoms with Gasteiger partial charge < -0.3 is 9.84 Å². The van der Waals surface area contributed by atoms with E-state index in [0.29, 0.717) is 11.4 Å². The lowest BCUT2D eigenvalue weighted by Gasteiger charge is -2.07. The molecule has 100 valence electrons. The zero-order valence-corrected chi connectivity index (χ0v) is 10.8. The van der Waals surface area contributed by atoms with Crippen LogP contribution >= 0.6 is 0 Å². The fraction of sp³-hybridized carbons (Fsp3) is 0.231. The molecule has 0 aromatic heterocycles. The molecule has 0 aliphatic carbocycles. The first-order valence-corrected chi connectivity index (χ1v) is 5.55. The van der Waals surface area contributed by atoms with Gasteiger partial charge in [-0.1, -0.05) is 0 Å². The van der Waals surface area contributed by atoms with Crippen molar-refractivity contribution in [1.82, 2.24) is 4.90 Å². The molecule has 0 saturated carbocycles. The number of carbonyl (C=O) groups excluding carboxylic acids is 1. The van der Waals surface area contributed by atoms with Crippen molar-refractivity contribution < 1.29 is 19.0 Å². The summed E-state index contributed by atoms with van der Waals surface area (Å²) in [5.74, 6) is -1.05. The van der Waals surface area contributed by atoms with Crippen LogP contribution in [0.4, 0.5) is 4.39 Å². The van der Waals surface area contributed by atoms with Crippen LogP contribution in [0, 0.1) is 5.82 Å². The predicted molar refractivity (Wildman–Crippen MR) is 68.5 cm³/mol. The summed E-state index contributed by atoms with van der Waals surface area (Å²) in [6, 6.07) is 2.54. The van der Waals surface area contributed by atoms with E-state index in [2.05, 4.69) is 4.99 Å². The van der Waals surface area contributed by atoms with E-state index in [-0.39, 0.29) is 17.4 Å². The number of hydrogen-bond donors (Lipinski definition) is 1. The van der Waals surface area contributed by atoms with E-state index >= 15 is 0 Å². The molecule has 6 heteroatoms. The zero-order valence-electron chi connectivity index (χ0n) is 10.8. The molecule has 0 spiro atoms. The van der Waals surface area contributed by atoms with E-state index in [9.17, 15) is 14.3 Å². The number of phenols is 1.